The number of nitrogens with two attached hydrogens (primary N) is 1. The van der Waals surface area contributed by atoms with Gasteiger partial charge in [-0.3, -0.25) is 9.48 Å². The Labute approximate surface area is 114 Å². The van der Waals surface area contributed by atoms with Crippen LogP contribution >= 0.6 is 0 Å². The fourth-order valence-corrected chi connectivity index (χ4v) is 1.81. The number of benzene rings is 1. The number of nitrogens with zero attached hydrogens (tertiary/aromatic N) is 3. The first-order valence-electron chi connectivity index (χ1n) is 6.07. The third kappa shape index (κ3) is 2.41. The molecule has 0 saturated carbocycles. The standard InChI is InChI=1S/C12H13N5O3/c13-3-4-17-6-9(15-16-17)12(18)14-8-1-2-10-11(5-8)20-7-19-10/h1-2,5-6H,3-4,7,13H2,(H,14,18). The van der Waals surface area contributed by atoms with Crippen molar-refractivity contribution in [3.63, 3.8) is 0 Å². The molecular weight excluding hydrogens is 262 g/mol. The Morgan fingerprint density at radius 1 is 1.40 bits per heavy atom. The van der Waals surface area contributed by atoms with Crippen LogP contribution in [-0.2, 0) is 6.54 Å². The SMILES string of the molecule is NCCn1cc(C(=O)Nc2ccc3c(c2)OCO3)nn1. The second-order valence-electron chi connectivity index (χ2n) is 4.18. The Balaban J connectivity index is 1.71. The van der Waals surface area contributed by atoms with E-state index in [0.717, 1.165) is 0 Å². The number of amides is 1. The molecule has 1 amide bonds. The number of carbonyl (C=O) groups is 1. The summed E-state index contributed by atoms with van der Waals surface area (Å²) in [6.45, 7) is 1.15. The minimum Gasteiger partial charge on any atom is -0.454 e. The zero-order valence-electron chi connectivity index (χ0n) is 10.6. The third-order valence-corrected chi connectivity index (χ3v) is 2.76. The minimum atomic E-state index is -0.341. The average molecular weight is 275 g/mol. The molecule has 3 rings (SSSR count). The van der Waals surface area contributed by atoms with Gasteiger partial charge in [0.15, 0.2) is 17.2 Å². The molecule has 0 saturated heterocycles. The maximum atomic E-state index is 12.0. The van der Waals surface area contributed by atoms with Crippen LogP contribution in [0.2, 0.25) is 0 Å². The lowest BCUT2D eigenvalue weighted by atomic mass is 10.2. The monoisotopic (exact) mass is 275 g/mol. The molecular formula is C12H13N5O3. The molecule has 8 heteroatoms. The smallest absolute Gasteiger partial charge is 0.277 e. The maximum Gasteiger partial charge on any atom is 0.277 e. The number of aromatic nitrogens is 3. The molecule has 0 aliphatic carbocycles. The summed E-state index contributed by atoms with van der Waals surface area (Å²) >= 11 is 0. The second kappa shape index (κ2) is 5.17. The molecule has 0 spiro atoms. The normalized spacial score (nSPS) is 12.4. The molecule has 2 aromatic rings. The number of carbonyl (C=O) groups excluding carboxylic acids is 1. The Bertz CT molecular complexity index is 640. The molecule has 104 valence electrons. The summed E-state index contributed by atoms with van der Waals surface area (Å²) in [5.41, 5.74) is 6.24. The summed E-state index contributed by atoms with van der Waals surface area (Å²) in [6, 6.07) is 5.17. The molecule has 1 aromatic heterocycles. The van der Waals surface area contributed by atoms with Crippen molar-refractivity contribution < 1.29 is 14.3 Å². The lowest BCUT2D eigenvalue weighted by molar-refractivity contribution is 0.102. The lowest BCUT2D eigenvalue weighted by Crippen LogP contribution is -2.12. The van der Waals surface area contributed by atoms with Crippen molar-refractivity contribution in [2.75, 3.05) is 18.7 Å². The quantitative estimate of drug-likeness (QED) is 0.827. The molecule has 0 bridgehead atoms. The highest BCUT2D eigenvalue weighted by atomic mass is 16.7. The molecule has 0 atom stereocenters. The van der Waals surface area contributed by atoms with Gasteiger partial charge in [-0.15, -0.1) is 5.10 Å². The predicted molar refractivity (Wildman–Crippen MR) is 69.6 cm³/mol. The number of hydrogen-bond acceptors (Lipinski definition) is 6. The van der Waals surface area contributed by atoms with Gasteiger partial charge in [-0.25, -0.2) is 0 Å². The first kappa shape index (κ1) is 12.4. The number of anilines is 1. The molecule has 0 fully saturated rings. The number of hydrogen-bond donors (Lipinski definition) is 2. The van der Waals surface area contributed by atoms with E-state index < -0.39 is 0 Å². The van der Waals surface area contributed by atoms with Crippen LogP contribution < -0.4 is 20.5 Å². The molecule has 8 nitrogen and oxygen atoms in total. The molecule has 2 heterocycles. The molecule has 1 aromatic carbocycles. The zero-order valence-corrected chi connectivity index (χ0v) is 10.6. The highest BCUT2D eigenvalue weighted by Gasteiger charge is 2.15. The first-order chi connectivity index (χ1) is 9.76. The fourth-order valence-electron chi connectivity index (χ4n) is 1.81. The highest BCUT2D eigenvalue weighted by molar-refractivity contribution is 6.02. The van der Waals surface area contributed by atoms with Crippen molar-refractivity contribution >= 4 is 11.6 Å². The summed E-state index contributed by atoms with van der Waals surface area (Å²) in [5, 5.41) is 10.3. The van der Waals surface area contributed by atoms with Gasteiger partial charge in [-0.2, -0.15) is 0 Å². The minimum absolute atomic E-state index is 0.195. The Hall–Kier alpha value is -2.61. The van der Waals surface area contributed by atoms with E-state index in [2.05, 4.69) is 15.6 Å². The van der Waals surface area contributed by atoms with Crippen molar-refractivity contribution in [1.29, 1.82) is 0 Å². The first-order valence-corrected chi connectivity index (χ1v) is 6.07. The van der Waals surface area contributed by atoms with Crippen LogP contribution in [-0.4, -0.2) is 34.2 Å². The fraction of sp³-hybridized carbons (Fsp3) is 0.250. The van der Waals surface area contributed by atoms with Crippen LogP contribution in [0.15, 0.2) is 24.4 Å². The molecule has 0 radical (unpaired) electrons. The van der Waals surface area contributed by atoms with E-state index in [0.29, 0.717) is 30.3 Å². The average Bonchev–Trinajstić information content (AvgIpc) is 3.07. The van der Waals surface area contributed by atoms with Crippen LogP contribution in [0, 0.1) is 0 Å². The van der Waals surface area contributed by atoms with Crippen LogP contribution in [0.1, 0.15) is 10.5 Å². The van der Waals surface area contributed by atoms with Gasteiger partial charge in [0.1, 0.15) is 0 Å². The summed E-state index contributed by atoms with van der Waals surface area (Å²) in [7, 11) is 0. The molecule has 3 N–H and O–H groups in total. The maximum absolute atomic E-state index is 12.0. The summed E-state index contributed by atoms with van der Waals surface area (Å²) in [5.74, 6) is 0.929. The molecule has 1 aliphatic heterocycles. The summed E-state index contributed by atoms with van der Waals surface area (Å²) in [6.07, 6.45) is 1.55. The van der Waals surface area contributed by atoms with Gasteiger partial charge < -0.3 is 20.5 Å². The Morgan fingerprint density at radius 2 is 2.25 bits per heavy atom. The van der Waals surface area contributed by atoms with Gasteiger partial charge in [-0.05, 0) is 12.1 Å². The summed E-state index contributed by atoms with van der Waals surface area (Å²) < 4.78 is 12.0. The van der Waals surface area contributed by atoms with Gasteiger partial charge in [0.2, 0.25) is 6.79 Å². The van der Waals surface area contributed by atoms with E-state index in [4.69, 9.17) is 15.2 Å². The second-order valence-corrected chi connectivity index (χ2v) is 4.18. The van der Waals surface area contributed by atoms with E-state index in [1.807, 2.05) is 0 Å². The van der Waals surface area contributed by atoms with E-state index in [1.54, 1.807) is 24.4 Å². The van der Waals surface area contributed by atoms with Crippen LogP contribution in [0.4, 0.5) is 5.69 Å². The van der Waals surface area contributed by atoms with Gasteiger partial charge >= 0.3 is 0 Å². The molecule has 20 heavy (non-hydrogen) atoms. The van der Waals surface area contributed by atoms with E-state index in [-0.39, 0.29) is 18.4 Å². The van der Waals surface area contributed by atoms with Gasteiger partial charge in [0.05, 0.1) is 12.7 Å². The predicted octanol–water partition coefficient (Wildman–Crippen LogP) is 0.218. The number of nitrogens with one attached hydrogen (secondary N) is 1. The van der Waals surface area contributed by atoms with E-state index in [1.165, 1.54) is 4.68 Å². The lowest BCUT2D eigenvalue weighted by Gasteiger charge is -2.03. The van der Waals surface area contributed by atoms with Crippen molar-refractivity contribution in [3.8, 4) is 11.5 Å². The Morgan fingerprint density at radius 3 is 3.10 bits per heavy atom. The molecule has 1 aliphatic rings. The van der Waals surface area contributed by atoms with E-state index in [9.17, 15) is 4.79 Å². The van der Waals surface area contributed by atoms with Gasteiger partial charge in [0.25, 0.3) is 5.91 Å². The number of fused-ring (bicyclic) bond motifs is 1. The van der Waals surface area contributed by atoms with Gasteiger partial charge in [0, 0.05) is 18.3 Å². The number of rotatable bonds is 4. The molecule has 0 unspecified atom stereocenters. The highest BCUT2D eigenvalue weighted by Crippen LogP contribution is 2.34. The van der Waals surface area contributed by atoms with Crippen molar-refractivity contribution in [2.24, 2.45) is 5.73 Å². The largest absolute Gasteiger partial charge is 0.454 e. The topological polar surface area (TPSA) is 104 Å². The third-order valence-electron chi connectivity index (χ3n) is 2.76. The van der Waals surface area contributed by atoms with Crippen molar-refractivity contribution in [1.82, 2.24) is 15.0 Å². The van der Waals surface area contributed by atoms with Crippen molar-refractivity contribution in [2.45, 2.75) is 6.54 Å². The Kier molecular flexibility index (Phi) is 3.21. The van der Waals surface area contributed by atoms with Crippen molar-refractivity contribution in [3.05, 3.63) is 30.1 Å². The van der Waals surface area contributed by atoms with Gasteiger partial charge in [-0.1, -0.05) is 5.21 Å². The zero-order chi connectivity index (χ0) is 13.9. The van der Waals surface area contributed by atoms with Crippen LogP contribution in [0.5, 0.6) is 11.5 Å². The summed E-state index contributed by atoms with van der Waals surface area (Å²) in [4.78, 5) is 12.0. The van der Waals surface area contributed by atoms with E-state index >= 15 is 0 Å². The van der Waals surface area contributed by atoms with Crippen LogP contribution in [0.25, 0.3) is 0 Å². The number of ether oxygens (including phenoxy) is 2. The van der Waals surface area contributed by atoms with Crippen LogP contribution in [0.3, 0.4) is 0 Å².